The summed E-state index contributed by atoms with van der Waals surface area (Å²) in [6.45, 7) is 4.24. The smallest absolute Gasteiger partial charge is 0.293 e. The Kier molecular flexibility index (Phi) is 4.28. The van der Waals surface area contributed by atoms with Gasteiger partial charge in [0.25, 0.3) is 11.6 Å². The number of rotatable bonds is 6. The summed E-state index contributed by atoms with van der Waals surface area (Å²) in [5.41, 5.74) is 0.830. The van der Waals surface area contributed by atoms with E-state index in [0.29, 0.717) is 29.4 Å². The molecule has 24 heavy (non-hydrogen) atoms. The highest BCUT2D eigenvalue weighted by Crippen LogP contribution is 2.30. The second kappa shape index (κ2) is 6.53. The normalized spacial score (nSPS) is 11.0. The molecule has 0 saturated heterocycles. The van der Waals surface area contributed by atoms with Gasteiger partial charge in [0.2, 0.25) is 0 Å². The van der Waals surface area contributed by atoms with Crippen molar-refractivity contribution in [2.45, 2.75) is 26.3 Å². The Hall–Kier alpha value is -3.16. The van der Waals surface area contributed by atoms with Crippen LogP contribution in [0.25, 0.3) is 11.5 Å². The lowest BCUT2D eigenvalue weighted by Crippen LogP contribution is -2.02. The van der Waals surface area contributed by atoms with Gasteiger partial charge in [-0.1, -0.05) is 19.0 Å². The molecular weight excluding hydrogens is 312 g/mol. The minimum Gasteiger partial charge on any atom is -0.467 e. The van der Waals surface area contributed by atoms with E-state index in [0.717, 1.165) is 0 Å². The van der Waals surface area contributed by atoms with E-state index in [4.69, 9.17) is 8.94 Å². The van der Waals surface area contributed by atoms with Crippen LogP contribution in [-0.2, 0) is 6.54 Å². The van der Waals surface area contributed by atoms with Crippen LogP contribution in [0, 0.1) is 10.1 Å². The van der Waals surface area contributed by atoms with Gasteiger partial charge in [0, 0.05) is 17.5 Å². The van der Waals surface area contributed by atoms with E-state index in [1.54, 1.807) is 30.5 Å². The van der Waals surface area contributed by atoms with Gasteiger partial charge in [-0.15, -0.1) is 0 Å². The fourth-order valence-electron chi connectivity index (χ4n) is 2.15. The summed E-state index contributed by atoms with van der Waals surface area (Å²) in [6, 6.07) is 8.29. The summed E-state index contributed by atoms with van der Waals surface area (Å²) >= 11 is 0. The van der Waals surface area contributed by atoms with Crippen LogP contribution in [0.3, 0.4) is 0 Å². The van der Waals surface area contributed by atoms with E-state index in [1.807, 2.05) is 13.8 Å². The summed E-state index contributed by atoms with van der Waals surface area (Å²) in [5.74, 6) is 1.63. The molecule has 0 radical (unpaired) electrons. The predicted molar refractivity (Wildman–Crippen MR) is 86.5 cm³/mol. The van der Waals surface area contributed by atoms with Gasteiger partial charge in [0.1, 0.15) is 11.4 Å². The van der Waals surface area contributed by atoms with Gasteiger partial charge in [0.15, 0.2) is 5.82 Å². The van der Waals surface area contributed by atoms with Crippen molar-refractivity contribution in [3.8, 4) is 11.5 Å². The van der Waals surface area contributed by atoms with E-state index in [-0.39, 0.29) is 17.5 Å². The second-order valence-corrected chi connectivity index (χ2v) is 5.53. The zero-order valence-electron chi connectivity index (χ0n) is 13.2. The molecule has 3 rings (SSSR count). The fraction of sp³-hybridized carbons (Fsp3) is 0.250. The Morgan fingerprint density at radius 2 is 2.17 bits per heavy atom. The Bertz CT molecular complexity index is 840. The Morgan fingerprint density at radius 3 is 2.79 bits per heavy atom. The van der Waals surface area contributed by atoms with E-state index in [2.05, 4.69) is 15.5 Å². The maximum absolute atomic E-state index is 11.4. The largest absolute Gasteiger partial charge is 0.467 e. The minimum atomic E-state index is -0.451. The van der Waals surface area contributed by atoms with Crippen LogP contribution < -0.4 is 5.32 Å². The zero-order chi connectivity index (χ0) is 17.1. The number of nitrogens with zero attached hydrogens (tertiary/aromatic N) is 3. The van der Waals surface area contributed by atoms with Gasteiger partial charge in [-0.2, -0.15) is 4.98 Å². The number of nitro groups is 1. The maximum Gasteiger partial charge on any atom is 0.293 e. The third kappa shape index (κ3) is 3.27. The van der Waals surface area contributed by atoms with Crippen molar-refractivity contribution in [1.29, 1.82) is 0 Å². The molecule has 0 amide bonds. The third-order valence-electron chi connectivity index (χ3n) is 3.43. The predicted octanol–water partition coefficient (Wildman–Crippen LogP) is 3.97. The fourth-order valence-corrected chi connectivity index (χ4v) is 2.15. The molecule has 3 aromatic rings. The SMILES string of the molecule is CC(C)c1noc(-c2ccc(NCc3ccco3)c([N+](=O)[O-])c2)n1. The van der Waals surface area contributed by atoms with Crippen LogP contribution in [0.1, 0.15) is 31.4 Å². The number of aromatic nitrogens is 2. The first-order chi connectivity index (χ1) is 11.5. The van der Waals surface area contributed by atoms with Gasteiger partial charge in [-0.25, -0.2) is 0 Å². The Balaban J connectivity index is 1.87. The molecule has 0 bridgehead atoms. The van der Waals surface area contributed by atoms with Gasteiger partial charge in [-0.05, 0) is 24.3 Å². The molecule has 0 aliphatic rings. The number of nitrogens with one attached hydrogen (secondary N) is 1. The summed E-state index contributed by atoms with van der Waals surface area (Å²) in [4.78, 5) is 15.2. The molecule has 0 spiro atoms. The molecular formula is C16H16N4O4. The quantitative estimate of drug-likeness (QED) is 0.538. The van der Waals surface area contributed by atoms with Crippen molar-refractivity contribution in [3.05, 3.63) is 58.3 Å². The molecule has 8 heteroatoms. The highest BCUT2D eigenvalue weighted by Gasteiger charge is 2.19. The van der Waals surface area contributed by atoms with E-state index < -0.39 is 4.92 Å². The third-order valence-corrected chi connectivity index (χ3v) is 3.43. The number of furan rings is 1. The van der Waals surface area contributed by atoms with Crippen LogP contribution in [0.15, 0.2) is 45.5 Å². The van der Waals surface area contributed by atoms with Crippen molar-refractivity contribution in [3.63, 3.8) is 0 Å². The summed E-state index contributed by atoms with van der Waals surface area (Å²) in [7, 11) is 0. The Morgan fingerprint density at radius 1 is 1.33 bits per heavy atom. The Labute approximate surface area is 137 Å². The van der Waals surface area contributed by atoms with Crippen molar-refractivity contribution in [1.82, 2.24) is 10.1 Å². The van der Waals surface area contributed by atoms with Crippen molar-refractivity contribution < 1.29 is 13.9 Å². The van der Waals surface area contributed by atoms with Gasteiger partial charge in [-0.3, -0.25) is 10.1 Å². The highest BCUT2D eigenvalue weighted by atomic mass is 16.6. The first-order valence-electron chi connectivity index (χ1n) is 7.43. The molecule has 0 unspecified atom stereocenters. The van der Waals surface area contributed by atoms with Crippen LogP contribution in [0.4, 0.5) is 11.4 Å². The lowest BCUT2D eigenvalue weighted by Gasteiger charge is -2.06. The van der Waals surface area contributed by atoms with Gasteiger partial charge < -0.3 is 14.3 Å². The van der Waals surface area contributed by atoms with Crippen molar-refractivity contribution in [2.24, 2.45) is 0 Å². The van der Waals surface area contributed by atoms with Crippen LogP contribution in [-0.4, -0.2) is 15.1 Å². The molecule has 0 saturated carbocycles. The second-order valence-electron chi connectivity index (χ2n) is 5.53. The number of anilines is 1. The van der Waals surface area contributed by atoms with E-state index in [9.17, 15) is 10.1 Å². The number of benzene rings is 1. The molecule has 0 aliphatic heterocycles. The van der Waals surface area contributed by atoms with Crippen molar-refractivity contribution in [2.75, 3.05) is 5.32 Å². The molecule has 0 aliphatic carbocycles. The van der Waals surface area contributed by atoms with E-state index >= 15 is 0 Å². The standard InChI is InChI=1S/C16H16N4O4/c1-10(2)15-18-16(24-19-15)11-5-6-13(14(8-11)20(21)22)17-9-12-4-3-7-23-12/h3-8,10,17H,9H2,1-2H3. The van der Waals surface area contributed by atoms with E-state index in [1.165, 1.54) is 6.07 Å². The molecule has 2 aromatic heterocycles. The molecule has 1 N–H and O–H groups in total. The monoisotopic (exact) mass is 328 g/mol. The molecule has 0 fully saturated rings. The molecule has 124 valence electrons. The van der Waals surface area contributed by atoms with Crippen molar-refractivity contribution >= 4 is 11.4 Å². The molecule has 2 heterocycles. The topological polar surface area (TPSA) is 107 Å². The lowest BCUT2D eigenvalue weighted by molar-refractivity contribution is -0.383. The van der Waals surface area contributed by atoms with Gasteiger partial charge >= 0.3 is 0 Å². The van der Waals surface area contributed by atoms with Crippen LogP contribution in [0.5, 0.6) is 0 Å². The number of hydrogen-bond donors (Lipinski definition) is 1. The molecule has 8 nitrogen and oxygen atoms in total. The minimum absolute atomic E-state index is 0.0663. The zero-order valence-corrected chi connectivity index (χ0v) is 13.2. The highest BCUT2D eigenvalue weighted by molar-refractivity contribution is 5.69. The van der Waals surface area contributed by atoms with Gasteiger partial charge in [0.05, 0.1) is 17.7 Å². The number of hydrogen-bond acceptors (Lipinski definition) is 7. The average Bonchev–Trinajstić information content (AvgIpc) is 3.24. The summed E-state index contributed by atoms with van der Waals surface area (Å²) < 4.78 is 10.4. The average molecular weight is 328 g/mol. The summed E-state index contributed by atoms with van der Waals surface area (Å²) in [5, 5.41) is 18.2. The number of nitro benzene ring substituents is 1. The summed E-state index contributed by atoms with van der Waals surface area (Å²) in [6.07, 6.45) is 1.55. The van der Waals surface area contributed by atoms with Crippen LogP contribution >= 0.6 is 0 Å². The molecule has 0 atom stereocenters. The first kappa shape index (κ1) is 15.7. The maximum atomic E-state index is 11.4. The van der Waals surface area contributed by atoms with Crippen LogP contribution in [0.2, 0.25) is 0 Å². The molecule has 1 aromatic carbocycles. The first-order valence-corrected chi connectivity index (χ1v) is 7.43. The lowest BCUT2D eigenvalue weighted by atomic mass is 10.1.